The van der Waals surface area contributed by atoms with Crippen molar-refractivity contribution >= 4 is 0 Å². The summed E-state index contributed by atoms with van der Waals surface area (Å²) in [5, 5.41) is 0. The summed E-state index contributed by atoms with van der Waals surface area (Å²) in [4.78, 5) is 0. The van der Waals surface area contributed by atoms with Gasteiger partial charge in [-0.05, 0) is 23.3 Å². The molecule has 0 bridgehead atoms. The van der Waals surface area contributed by atoms with Crippen molar-refractivity contribution in [3.63, 3.8) is 0 Å². The van der Waals surface area contributed by atoms with E-state index in [2.05, 4.69) is 4.74 Å². The third-order valence-corrected chi connectivity index (χ3v) is 3.52. The molecule has 0 amide bonds. The topological polar surface area (TPSA) is 44.5 Å². The van der Waals surface area contributed by atoms with Gasteiger partial charge in [0.05, 0.1) is 12.6 Å². The maximum absolute atomic E-state index is 12.3. The van der Waals surface area contributed by atoms with Crippen LogP contribution in [0.2, 0.25) is 0 Å². The predicted molar refractivity (Wildman–Crippen MR) is 74.7 cm³/mol. The van der Waals surface area contributed by atoms with E-state index in [1.54, 1.807) is 12.1 Å². The molecule has 110 valence electrons. The molecule has 1 heterocycles. The van der Waals surface area contributed by atoms with E-state index in [-0.39, 0.29) is 5.75 Å². The van der Waals surface area contributed by atoms with Crippen LogP contribution in [0.15, 0.2) is 42.5 Å². The van der Waals surface area contributed by atoms with Gasteiger partial charge in [0, 0.05) is 12.0 Å². The van der Waals surface area contributed by atoms with E-state index < -0.39 is 12.7 Å². The molecule has 1 atom stereocenters. The highest BCUT2D eigenvalue weighted by Gasteiger charge is 2.21. The van der Waals surface area contributed by atoms with E-state index in [9.17, 15) is 8.78 Å². The Labute approximate surface area is 121 Å². The van der Waals surface area contributed by atoms with Crippen LogP contribution in [0.4, 0.5) is 8.78 Å². The molecule has 0 aliphatic carbocycles. The molecule has 3 rings (SSSR count). The number of para-hydroxylation sites is 1. The fraction of sp³-hybridized carbons (Fsp3) is 0.250. The number of nitrogens with two attached hydrogens (primary N) is 1. The Bertz CT molecular complexity index is 646. The SMILES string of the molecule is NC(c1cccc(OC(F)F)c1)c1cccc2c1OCC2. The van der Waals surface area contributed by atoms with Gasteiger partial charge in [-0.25, -0.2) is 0 Å². The fourth-order valence-corrected chi connectivity index (χ4v) is 2.55. The average Bonchev–Trinajstić information content (AvgIpc) is 2.94. The summed E-state index contributed by atoms with van der Waals surface area (Å²) in [5.41, 5.74) is 8.96. The Morgan fingerprint density at radius 2 is 1.95 bits per heavy atom. The second-order valence-corrected chi connectivity index (χ2v) is 4.86. The van der Waals surface area contributed by atoms with E-state index in [4.69, 9.17) is 10.5 Å². The number of benzene rings is 2. The summed E-state index contributed by atoms with van der Waals surface area (Å²) in [6.45, 7) is -2.20. The molecule has 1 aliphatic heterocycles. The first-order chi connectivity index (χ1) is 10.1. The minimum atomic E-state index is -2.85. The molecule has 1 unspecified atom stereocenters. The highest BCUT2D eigenvalue weighted by Crippen LogP contribution is 2.35. The molecule has 0 saturated carbocycles. The molecule has 2 N–H and O–H groups in total. The maximum Gasteiger partial charge on any atom is 0.387 e. The normalized spacial score (nSPS) is 14.7. The maximum atomic E-state index is 12.3. The van der Waals surface area contributed by atoms with Crippen molar-refractivity contribution in [2.75, 3.05) is 6.61 Å². The lowest BCUT2D eigenvalue weighted by Gasteiger charge is -2.17. The summed E-state index contributed by atoms with van der Waals surface area (Å²) in [6, 6.07) is 11.8. The Balaban J connectivity index is 1.92. The molecule has 0 fully saturated rings. The molecule has 0 saturated heterocycles. The average molecular weight is 291 g/mol. The van der Waals surface area contributed by atoms with Crippen LogP contribution in [0.5, 0.6) is 11.5 Å². The molecule has 2 aromatic carbocycles. The van der Waals surface area contributed by atoms with Crippen molar-refractivity contribution in [2.45, 2.75) is 19.1 Å². The number of hydrogen-bond acceptors (Lipinski definition) is 3. The van der Waals surface area contributed by atoms with Crippen molar-refractivity contribution in [2.24, 2.45) is 5.73 Å². The molecule has 0 aromatic heterocycles. The standard InChI is InChI=1S/C16H15F2NO2/c17-16(18)21-12-5-1-4-11(9-12)14(19)13-6-2-3-10-7-8-20-15(10)13/h1-6,9,14,16H,7-8,19H2. The Morgan fingerprint density at radius 3 is 2.76 bits per heavy atom. The van der Waals surface area contributed by atoms with Crippen LogP contribution >= 0.6 is 0 Å². The van der Waals surface area contributed by atoms with Gasteiger partial charge in [0.25, 0.3) is 0 Å². The zero-order valence-corrected chi connectivity index (χ0v) is 11.3. The molecular formula is C16H15F2NO2. The first kappa shape index (κ1) is 13.8. The molecule has 5 heteroatoms. The summed E-state index contributed by atoms with van der Waals surface area (Å²) < 4.78 is 34.6. The molecule has 0 radical (unpaired) electrons. The van der Waals surface area contributed by atoms with Gasteiger partial charge in [-0.2, -0.15) is 8.78 Å². The monoisotopic (exact) mass is 291 g/mol. The van der Waals surface area contributed by atoms with Crippen molar-refractivity contribution in [3.05, 3.63) is 59.2 Å². The summed E-state index contributed by atoms with van der Waals surface area (Å²) in [6.07, 6.45) is 0.866. The van der Waals surface area contributed by atoms with E-state index in [0.29, 0.717) is 12.2 Å². The third-order valence-electron chi connectivity index (χ3n) is 3.52. The summed E-state index contributed by atoms with van der Waals surface area (Å²) in [5.74, 6) is 0.914. The fourth-order valence-electron chi connectivity index (χ4n) is 2.55. The van der Waals surface area contributed by atoms with Gasteiger partial charge in [-0.1, -0.05) is 30.3 Å². The predicted octanol–water partition coefficient (Wildman–Crippen LogP) is 3.27. The van der Waals surface area contributed by atoms with E-state index in [0.717, 1.165) is 23.3 Å². The lowest BCUT2D eigenvalue weighted by molar-refractivity contribution is -0.0498. The van der Waals surface area contributed by atoms with Crippen LogP contribution in [0, 0.1) is 0 Å². The van der Waals surface area contributed by atoms with Gasteiger partial charge in [-0.3, -0.25) is 0 Å². The van der Waals surface area contributed by atoms with Crippen molar-refractivity contribution < 1.29 is 18.3 Å². The number of ether oxygens (including phenoxy) is 2. The second-order valence-electron chi connectivity index (χ2n) is 4.86. The number of rotatable bonds is 4. The first-order valence-corrected chi connectivity index (χ1v) is 6.70. The lowest BCUT2D eigenvalue weighted by atomic mass is 9.96. The zero-order chi connectivity index (χ0) is 14.8. The van der Waals surface area contributed by atoms with Crippen LogP contribution in [0.25, 0.3) is 0 Å². The van der Waals surface area contributed by atoms with Gasteiger partial charge in [-0.15, -0.1) is 0 Å². The Kier molecular flexibility index (Phi) is 3.75. The number of fused-ring (bicyclic) bond motifs is 1. The van der Waals surface area contributed by atoms with Crippen LogP contribution in [-0.4, -0.2) is 13.2 Å². The van der Waals surface area contributed by atoms with Crippen LogP contribution in [0.1, 0.15) is 22.7 Å². The number of hydrogen-bond donors (Lipinski definition) is 1. The zero-order valence-electron chi connectivity index (χ0n) is 11.3. The Hall–Kier alpha value is -2.14. The first-order valence-electron chi connectivity index (χ1n) is 6.70. The summed E-state index contributed by atoms with van der Waals surface area (Å²) >= 11 is 0. The quantitative estimate of drug-likeness (QED) is 0.940. The second kappa shape index (κ2) is 5.69. The molecule has 21 heavy (non-hydrogen) atoms. The van der Waals surface area contributed by atoms with E-state index >= 15 is 0 Å². The minimum Gasteiger partial charge on any atom is -0.493 e. The smallest absolute Gasteiger partial charge is 0.387 e. The Morgan fingerprint density at radius 1 is 1.14 bits per heavy atom. The van der Waals surface area contributed by atoms with Gasteiger partial charge in [0.15, 0.2) is 0 Å². The lowest BCUT2D eigenvalue weighted by Crippen LogP contribution is -2.13. The number of alkyl halides is 2. The highest BCUT2D eigenvalue weighted by molar-refractivity contribution is 5.49. The van der Waals surface area contributed by atoms with Crippen LogP contribution < -0.4 is 15.2 Å². The van der Waals surface area contributed by atoms with Crippen LogP contribution in [0.3, 0.4) is 0 Å². The van der Waals surface area contributed by atoms with Crippen molar-refractivity contribution in [1.29, 1.82) is 0 Å². The highest BCUT2D eigenvalue weighted by atomic mass is 19.3. The minimum absolute atomic E-state index is 0.103. The van der Waals surface area contributed by atoms with Crippen molar-refractivity contribution in [3.8, 4) is 11.5 Å². The van der Waals surface area contributed by atoms with E-state index in [1.165, 1.54) is 12.1 Å². The summed E-state index contributed by atoms with van der Waals surface area (Å²) in [7, 11) is 0. The van der Waals surface area contributed by atoms with Gasteiger partial charge < -0.3 is 15.2 Å². The van der Waals surface area contributed by atoms with Gasteiger partial charge in [0.2, 0.25) is 0 Å². The van der Waals surface area contributed by atoms with Crippen molar-refractivity contribution in [1.82, 2.24) is 0 Å². The van der Waals surface area contributed by atoms with Crippen LogP contribution in [-0.2, 0) is 6.42 Å². The number of halogens is 2. The molecule has 0 spiro atoms. The third kappa shape index (κ3) is 2.83. The van der Waals surface area contributed by atoms with Gasteiger partial charge in [0.1, 0.15) is 11.5 Å². The van der Waals surface area contributed by atoms with E-state index in [1.807, 2.05) is 18.2 Å². The molecular weight excluding hydrogens is 276 g/mol. The molecule has 3 nitrogen and oxygen atoms in total. The molecule has 2 aromatic rings. The van der Waals surface area contributed by atoms with Gasteiger partial charge >= 0.3 is 6.61 Å². The molecule has 1 aliphatic rings. The largest absolute Gasteiger partial charge is 0.493 e.